The van der Waals surface area contributed by atoms with Crippen LogP contribution in [-0.2, 0) is 11.3 Å². The summed E-state index contributed by atoms with van der Waals surface area (Å²) < 4.78 is 6.54. The number of rotatable bonds is 6. The molecule has 1 fully saturated rings. The molecule has 1 aliphatic heterocycles. The summed E-state index contributed by atoms with van der Waals surface area (Å²) in [6.07, 6.45) is 2.00. The molecule has 2 aromatic carbocycles. The van der Waals surface area contributed by atoms with Crippen LogP contribution in [0.4, 0.5) is 0 Å². The Labute approximate surface area is 175 Å². The van der Waals surface area contributed by atoms with Crippen molar-refractivity contribution in [2.75, 3.05) is 33.8 Å². The van der Waals surface area contributed by atoms with Gasteiger partial charge in [0.05, 0.1) is 29.4 Å². The molecule has 0 bridgehead atoms. The summed E-state index contributed by atoms with van der Waals surface area (Å²) >= 11 is 1.80. The summed E-state index contributed by atoms with van der Waals surface area (Å²) in [5, 5.41) is 1.22. The molecule has 0 spiro atoms. The first-order valence-corrected chi connectivity index (χ1v) is 11.0. The monoisotopic (exact) mass is 410 g/mol. The van der Waals surface area contributed by atoms with Crippen LogP contribution in [0.25, 0.3) is 10.2 Å². The number of likely N-dealkylation sites (tertiary alicyclic amines) is 1. The number of carbonyl (C=O) groups excluding carboxylic acids is 1. The van der Waals surface area contributed by atoms with Crippen LogP contribution in [0, 0.1) is 0 Å². The molecule has 29 heavy (non-hydrogen) atoms. The van der Waals surface area contributed by atoms with Crippen LogP contribution in [0.2, 0.25) is 0 Å². The number of hydrogen-bond donors (Lipinski definition) is 1. The van der Waals surface area contributed by atoms with Gasteiger partial charge in [-0.3, -0.25) is 4.79 Å². The van der Waals surface area contributed by atoms with Crippen LogP contribution in [0.15, 0.2) is 48.5 Å². The lowest BCUT2D eigenvalue weighted by Crippen LogP contribution is -3.08. The van der Waals surface area contributed by atoms with Gasteiger partial charge in [-0.05, 0) is 37.1 Å². The van der Waals surface area contributed by atoms with E-state index in [1.54, 1.807) is 18.4 Å². The van der Waals surface area contributed by atoms with E-state index in [1.807, 2.05) is 29.2 Å². The average Bonchev–Trinajstić information content (AvgIpc) is 3.18. The molecule has 2 heterocycles. The van der Waals surface area contributed by atoms with Crippen LogP contribution in [-0.4, -0.2) is 49.6 Å². The Kier molecular flexibility index (Phi) is 6.11. The number of para-hydroxylation sites is 1. The highest BCUT2D eigenvalue weighted by atomic mass is 32.1. The number of fused-ring (bicyclic) bond motifs is 1. The maximum Gasteiger partial charge on any atom is 0.277 e. The molecule has 152 valence electrons. The van der Waals surface area contributed by atoms with E-state index in [-0.39, 0.29) is 5.91 Å². The van der Waals surface area contributed by atoms with Gasteiger partial charge in [-0.25, -0.2) is 4.98 Å². The molecule has 4 rings (SSSR count). The van der Waals surface area contributed by atoms with Crippen LogP contribution in [0.1, 0.15) is 29.3 Å². The highest BCUT2D eigenvalue weighted by Gasteiger charge is 2.27. The zero-order valence-electron chi connectivity index (χ0n) is 17.1. The van der Waals surface area contributed by atoms with Crippen molar-refractivity contribution in [3.63, 3.8) is 0 Å². The smallest absolute Gasteiger partial charge is 0.277 e. The van der Waals surface area contributed by atoms with Crippen molar-refractivity contribution in [2.45, 2.75) is 25.3 Å². The van der Waals surface area contributed by atoms with E-state index < -0.39 is 0 Å². The third kappa shape index (κ3) is 4.77. The van der Waals surface area contributed by atoms with E-state index >= 15 is 0 Å². The summed E-state index contributed by atoms with van der Waals surface area (Å²) in [5.41, 5.74) is 2.28. The van der Waals surface area contributed by atoms with Gasteiger partial charge < -0.3 is 14.5 Å². The highest BCUT2D eigenvalue weighted by molar-refractivity contribution is 7.18. The van der Waals surface area contributed by atoms with Crippen LogP contribution < -0.4 is 9.64 Å². The second-order valence-corrected chi connectivity index (χ2v) is 8.90. The van der Waals surface area contributed by atoms with Gasteiger partial charge in [0, 0.05) is 24.6 Å². The predicted molar refractivity (Wildman–Crippen MR) is 117 cm³/mol. The molecule has 1 amide bonds. The summed E-state index contributed by atoms with van der Waals surface area (Å²) in [6.45, 7) is 2.98. The Hall–Kier alpha value is -2.44. The van der Waals surface area contributed by atoms with E-state index in [0.29, 0.717) is 12.5 Å². The van der Waals surface area contributed by atoms with Crippen molar-refractivity contribution >= 4 is 27.5 Å². The normalized spacial score (nSPS) is 16.1. The van der Waals surface area contributed by atoms with Crippen molar-refractivity contribution < 1.29 is 14.4 Å². The predicted octanol–water partition coefficient (Wildman–Crippen LogP) is 2.73. The van der Waals surface area contributed by atoms with Crippen molar-refractivity contribution in [2.24, 2.45) is 0 Å². The minimum absolute atomic E-state index is 0.244. The molecule has 1 saturated heterocycles. The summed E-state index contributed by atoms with van der Waals surface area (Å²) in [7, 11) is 3.75. The standard InChI is InChI=1S/C23H27N3O2S/c1-25(15-17-6-5-7-19(14-17)28-2)16-22(27)26-12-10-18(11-13-26)23-24-20-8-3-4-9-21(20)29-23/h3-9,14,18H,10-13,15-16H2,1-2H3/p+1. The van der Waals surface area contributed by atoms with E-state index in [2.05, 4.69) is 31.3 Å². The fourth-order valence-electron chi connectivity index (χ4n) is 4.00. The number of hydrogen-bond acceptors (Lipinski definition) is 4. The number of ether oxygens (including phenoxy) is 1. The lowest BCUT2D eigenvalue weighted by atomic mass is 9.97. The van der Waals surface area contributed by atoms with Crippen LogP contribution in [0.5, 0.6) is 5.75 Å². The van der Waals surface area contributed by atoms with Gasteiger partial charge in [0.1, 0.15) is 12.3 Å². The number of methoxy groups -OCH3 is 1. The molecule has 0 saturated carbocycles. The maximum atomic E-state index is 12.8. The zero-order valence-corrected chi connectivity index (χ0v) is 17.9. The number of nitrogens with zero attached hydrogens (tertiary/aromatic N) is 2. The lowest BCUT2D eigenvalue weighted by Gasteiger charge is -2.31. The minimum atomic E-state index is 0.244. The van der Waals surface area contributed by atoms with Gasteiger partial charge in [0.25, 0.3) is 5.91 Å². The van der Waals surface area contributed by atoms with E-state index in [4.69, 9.17) is 9.72 Å². The van der Waals surface area contributed by atoms with E-state index in [0.717, 1.165) is 43.7 Å². The third-order valence-electron chi connectivity index (χ3n) is 5.60. The summed E-state index contributed by atoms with van der Waals surface area (Å²) in [6, 6.07) is 16.4. The molecular formula is C23H28N3O2S+. The van der Waals surface area contributed by atoms with Crippen molar-refractivity contribution in [3.05, 3.63) is 59.1 Å². The van der Waals surface area contributed by atoms with E-state index in [9.17, 15) is 4.79 Å². The Morgan fingerprint density at radius 3 is 2.76 bits per heavy atom. The average molecular weight is 411 g/mol. The largest absolute Gasteiger partial charge is 0.497 e. The van der Waals surface area contributed by atoms with Gasteiger partial charge in [0.15, 0.2) is 6.54 Å². The van der Waals surface area contributed by atoms with Gasteiger partial charge in [-0.15, -0.1) is 11.3 Å². The number of thiazole rings is 1. The lowest BCUT2D eigenvalue weighted by molar-refractivity contribution is -0.885. The minimum Gasteiger partial charge on any atom is -0.497 e. The number of piperidine rings is 1. The summed E-state index contributed by atoms with van der Waals surface area (Å²) in [5.74, 6) is 1.57. The first-order valence-electron chi connectivity index (χ1n) is 10.2. The van der Waals surface area contributed by atoms with Gasteiger partial charge in [-0.2, -0.15) is 0 Å². The molecule has 1 atom stereocenters. The van der Waals surface area contributed by atoms with Crippen molar-refractivity contribution in [3.8, 4) is 5.75 Å². The molecule has 5 nitrogen and oxygen atoms in total. The number of benzene rings is 2. The Balaban J connectivity index is 1.29. The molecular weight excluding hydrogens is 382 g/mol. The molecule has 3 aromatic rings. The molecule has 0 aliphatic carbocycles. The number of quaternary nitrogens is 1. The van der Waals surface area contributed by atoms with E-state index in [1.165, 1.54) is 20.2 Å². The van der Waals surface area contributed by atoms with Gasteiger partial charge in [-0.1, -0.05) is 24.3 Å². The SMILES string of the molecule is COc1cccc(C[NH+](C)CC(=O)N2CCC(c3nc4ccccc4s3)CC2)c1. The second-order valence-electron chi connectivity index (χ2n) is 7.84. The van der Waals surface area contributed by atoms with Gasteiger partial charge >= 0.3 is 0 Å². The van der Waals surface area contributed by atoms with Crippen molar-refractivity contribution in [1.82, 2.24) is 9.88 Å². The van der Waals surface area contributed by atoms with Crippen LogP contribution in [0.3, 0.4) is 0 Å². The molecule has 1 aliphatic rings. The Morgan fingerprint density at radius 2 is 2.00 bits per heavy atom. The second kappa shape index (κ2) is 8.93. The number of carbonyl (C=O) groups is 1. The zero-order chi connectivity index (χ0) is 20.2. The molecule has 1 unspecified atom stereocenters. The Bertz CT molecular complexity index is 946. The number of likely N-dealkylation sites (N-methyl/N-ethyl adjacent to an activating group) is 1. The molecule has 1 aromatic heterocycles. The van der Waals surface area contributed by atoms with Gasteiger partial charge in [0.2, 0.25) is 0 Å². The number of aromatic nitrogens is 1. The fourth-order valence-corrected chi connectivity index (χ4v) is 5.14. The fraction of sp³-hybridized carbons (Fsp3) is 0.391. The Morgan fingerprint density at radius 1 is 1.21 bits per heavy atom. The third-order valence-corrected chi connectivity index (χ3v) is 6.80. The highest BCUT2D eigenvalue weighted by Crippen LogP contribution is 2.33. The quantitative estimate of drug-likeness (QED) is 0.680. The summed E-state index contributed by atoms with van der Waals surface area (Å²) in [4.78, 5) is 20.8. The first-order chi connectivity index (χ1) is 14.1. The molecule has 6 heteroatoms. The van der Waals surface area contributed by atoms with Crippen LogP contribution >= 0.6 is 11.3 Å². The number of amides is 1. The topological polar surface area (TPSA) is 46.9 Å². The number of nitrogens with one attached hydrogen (secondary N) is 1. The van der Waals surface area contributed by atoms with Crippen molar-refractivity contribution in [1.29, 1.82) is 0 Å². The molecule has 1 N–H and O–H groups in total. The maximum absolute atomic E-state index is 12.8. The first kappa shape index (κ1) is 19.9. The molecule has 0 radical (unpaired) electrons.